The van der Waals surface area contributed by atoms with E-state index in [0.29, 0.717) is 0 Å². The van der Waals surface area contributed by atoms with E-state index < -0.39 is 0 Å². The highest BCUT2D eigenvalue weighted by Gasteiger charge is 1.73. The molecule has 2 aromatic rings. The normalized spacial score (nSPS) is 8.13. The van der Waals surface area contributed by atoms with Crippen molar-refractivity contribution in [2.45, 2.75) is 21.3 Å². The van der Waals surface area contributed by atoms with Crippen LogP contribution in [0.3, 0.4) is 0 Å². The van der Waals surface area contributed by atoms with Gasteiger partial charge in [0, 0.05) is 11.9 Å². The summed E-state index contributed by atoms with van der Waals surface area (Å²) in [6.07, 6.45) is 1.79. The van der Waals surface area contributed by atoms with Crippen LogP contribution in [0.15, 0.2) is 54.7 Å². The van der Waals surface area contributed by atoms with Gasteiger partial charge in [0.1, 0.15) is 0 Å². The molecule has 0 fully saturated rings. The summed E-state index contributed by atoms with van der Waals surface area (Å²) in [7, 11) is 0. The van der Waals surface area contributed by atoms with Gasteiger partial charge in [-0.05, 0) is 26.0 Å². The second-order valence-electron chi connectivity index (χ2n) is 3.13. The molecule has 0 spiro atoms. The van der Waals surface area contributed by atoms with Gasteiger partial charge in [0.25, 0.3) is 0 Å². The molecule has 0 atom stereocenters. The largest absolute Gasteiger partial charge is 0.262 e. The first-order chi connectivity index (χ1) is 6.79. The number of aryl methyl sites for hydroxylation is 2. The van der Waals surface area contributed by atoms with Gasteiger partial charge in [-0.25, -0.2) is 0 Å². The van der Waals surface area contributed by atoms with Crippen molar-refractivity contribution in [3.05, 3.63) is 66.0 Å². The Kier molecular flexibility index (Phi) is 6.90. The number of hydrogen-bond donors (Lipinski definition) is 0. The Labute approximate surface area is 92.8 Å². The minimum atomic E-state index is 0. The second kappa shape index (κ2) is 7.74. The third kappa shape index (κ3) is 6.44. The molecule has 0 bridgehead atoms. The van der Waals surface area contributed by atoms with Crippen LogP contribution in [-0.4, -0.2) is 4.98 Å². The molecule has 0 aliphatic heterocycles. The maximum atomic E-state index is 3.98. The Morgan fingerprint density at radius 1 is 0.800 bits per heavy atom. The minimum Gasteiger partial charge on any atom is -0.262 e. The highest BCUT2D eigenvalue weighted by molar-refractivity contribution is 5.11. The quantitative estimate of drug-likeness (QED) is 0.627. The smallest absolute Gasteiger partial charge is 0.0372 e. The zero-order valence-electron chi connectivity index (χ0n) is 8.64. The summed E-state index contributed by atoms with van der Waals surface area (Å²) in [4.78, 5) is 3.98. The topological polar surface area (TPSA) is 12.9 Å². The Balaban J connectivity index is 0.000000245. The van der Waals surface area contributed by atoms with E-state index in [-0.39, 0.29) is 7.43 Å². The number of pyridine rings is 1. The monoisotopic (exact) mass is 201 g/mol. The summed E-state index contributed by atoms with van der Waals surface area (Å²) >= 11 is 0. The standard InChI is InChI=1S/C7H8.C6H7N.CH4/c1-7-5-3-2-4-6-7;1-6-4-2-3-5-7-6;/h2-6H,1H3;2-5H,1H3;1H4. The summed E-state index contributed by atoms with van der Waals surface area (Å²) in [6.45, 7) is 4.06. The summed E-state index contributed by atoms with van der Waals surface area (Å²) in [6, 6.07) is 16.1. The van der Waals surface area contributed by atoms with Crippen molar-refractivity contribution in [3.63, 3.8) is 0 Å². The van der Waals surface area contributed by atoms with Gasteiger partial charge in [0.15, 0.2) is 0 Å². The van der Waals surface area contributed by atoms with Gasteiger partial charge in [-0.3, -0.25) is 4.98 Å². The maximum Gasteiger partial charge on any atom is 0.0372 e. The zero-order valence-corrected chi connectivity index (χ0v) is 8.64. The van der Waals surface area contributed by atoms with Crippen molar-refractivity contribution in [2.75, 3.05) is 0 Å². The first kappa shape index (κ1) is 13.4. The van der Waals surface area contributed by atoms with Gasteiger partial charge in [-0.2, -0.15) is 0 Å². The van der Waals surface area contributed by atoms with E-state index in [9.17, 15) is 0 Å². The molecule has 1 heterocycles. The average molecular weight is 201 g/mol. The van der Waals surface area contributed by atoms with Crippen LogP contribution in [0, 0.1) is 13.8 Å². The molecule has 0 aliphatic carbocycles. The molecule has 1 nitrogen and oxygen atoms in total. The van der Waals surface area contributed by atoms with Crippen molar-refractivity contribution < 1.29 is 0 Å². The number of hydrogen-bond acceptors (Lipinski definition) is 1. The highest BCUT2D eigenvalue weighted by Crippen LogP contribution is 1.92. The molecule has 0 saturated carbocycles. The van der Waals surface area contributed by atoms with Crippen LogP contribution in [0.25, 0.3) is 0 Å². The zero-order chi connectivity index (χ0) is 10.2. The molecule has 0 radical (unpaired) electrons. The molecule has 15 heavy (non-hydrogen) atoms. The van der Waals surface area contributed by atoms with Gasteiger partial charge in [-0.1, -0.05) is 49.4 Å². The molecule has 80 valence electrons. The van der Waals surface area contributed by atoms with E-state index in [0.717, 1.165) is 5.69 Å². The van der Waals surface area contributed by atoms with Crippen LogP contribution in [0.4, 0.5) is 0 Å². The second-order valence-corrected chi connectivity index (χ2v) is 3.13. The fraction of sp³-hybridized carbons (Fsp3) is 0.214. The van der Waals surface area contributed by atoms with Crippen molar-refractivity contribution in [1.29, 1.82) is 0 Å². The average Bonchev–Trinajstić information content (AvgIpc) is 2.21. The van der Waals surface area contributed by atoms with Crippen LogP contribution in [-0.2, 0) is 0 Å². The third-order valence-electron chi connectivity index (χ3n) is 1.75. The number of benzene rings is 1. The van der Waals surface area contributed by atoms with Gasteiger partial charge >= 0.3 is 0 Å². The maximum absolute atomic E-state index is 3.98. The van der Waals surface area contributed by atoms with E-state index in [1.165, 1.54) is 5.56 Å². The predicted octanol–water partition coefficient (Wildman–Crippen LogP) is 4.02. The minimum absolute atomic E-state index is 0. The lowest BCUT2D eigenvalue weighted by Gasteiger charge is -1.82. The van der Waals surface area contributed by atoms with Crippen LogP contribution >= 0.6 is 0 Å². The molecule has 0 amide bonds. The van der Waals surface area contributed by atoms with Crippen LogP contribution in [0.5, 0.6) is 0 Å². The van der Waals surface area contributed by atoms with E-state index in [4.69, 9.17) is 0 Å². The Hall–Kier alpha value is -1.63. The van der Waals surface area contributed by atoms with E-state index in [2.05, 4.69) is 24.0 Å². The molecule has 0 N–H and O–H groups in total. The van der Waals surface area contributed by atoms with Crippen molar-refractivity contribution in [2.24, 2.45) is 0 Å². The van der Waals surface area contributed by atoms with E-state index >= 15 is 0 Å². The summed E-state index contributed by atoms with van der Waals surface area (Å²) in [5, 5.41) is 0. The van der Waals surface area contributed by atoms with Crippen LogP contribution < -0.4 is 0 Å². The fourth-order valence-electron chi connectivity index (χ4n) is 0.983. The Morgan fingerprint density at radius 2 is 1.40 bits per heavy atom. The fourth-order valence-corrected chi connectivity index (χ4v) is 0.983. The summed E-state index contributed by atoms with van der Waals surface area (Å²) in [5.74, 6) is 0. The summed E-state index contributed by atoms with van der Waals surface area (Å²) in [5.41, 5.74) is 2.39. The lowest BCUT2D eigenvalue weighted by Crippen LogP contribution is -1.72. The van der Waals surface area contributed by atoms with Gasteiger partial charge < -0.3 is 0 Å². The van der Waals surface area contributed by atoms with E-state index in [1.807, 2.05) is 43.3 Å². The lowest BCUT2D eigenvalue weighted by molar-refractivity contribution is 1.20. The number of nitrogens with zero attached hydrogens (tertiary/aromatic N) is 1. The van der Waals surface area contributed by atoms with Gasteiger partial charge in [0.05, 0.1) is 0 Å². The SMILES string of the molecule is C.Cc1ccccc1.Cc1ccccn1. The molecule has 0 aliphatic rings. The number of rotatable bonds is 0. The number of aromatic nitrogens is 1. The molecular weight excluding hydrogens is 182 g/mol. The summed E-state index contributed by atoms with van der Waals surface area (Å²) < 4.78 is 0. The van der Waals surface area contributed by atoms with Gasteiger partial charge in [0.2, 0.25) is 0 Å². The van der Waals surface area contributed by atoms with Gasteiger partial charge in [-0.15, -0.1) is 0 Å². The highest BCUT2D eigenvalue weighted by atomic mass is 14.6. The van der Waals surface area contributed by atoms with Crippen molar-refractivity contribution >= 4 is 0 Å². The van der Waals surface area contributed by atoms with Crippen LogP contribution in [0.2, 0.25) is 0 Å². The van der Waals surface area contributed by atoms with Crippen LogP contribution in [0.1, 0.15) is 18.7 Å². The van der Waals surface area contributed by atoms with Crippen molar-refractivity contribution in [1.82, 2.24) is 4.98 Å². The molecule has 0 saturated heterocycles. The van der Waals surface area contributed by atoms with E-state index in [1.54, 1.807) is 6.20 Å². The van der Waals surface area contributed by atoms with Crippen molar-refractivity contribution in [3.8, 4) is 0 Å². The predicted molar refractivity (Wildman–Crippen MR) is 66.9 cm³/mol. The lowest BCUT2D eigenvalue weighted by atomic mass is 10.2. The molecule has 2 rings (SSSR count). The molecule has 1 aromatic heterocycles. The Morgan fingerprint density at radius 3 is 1.67 bits per heavy atom. The Bertz CT molecular complexity index is 303. The molecular formula is C14H19N. The third-order valence-corrected chi connectivity index (χ3v) is 1.75. The molecule has 0 unspecified atom stereocenters. The molecule has 1 heteroatoms. The first-order valence-electron chi connectivity index (χ1n) is 4.68. The molecule has 1 aromatic carbocycles. The first-order valence-corrected chi connectivity index (χ1v) is 4.68.